The van der Waals surface area contributed by atoms with Crippen molar-refractivity contribution in [3.05, 3.63) is 28.8 Å². The van der Waals surface area contributed by atoms with Crippen LogP contribution in [0.2, 0.25) is 5.02 Å². The first-order chi connectivity index (χ1) is 5.66. The lowest BCUT2D eigenvalue weighted by Crippen LogP contribution is -2.14. The van der Waals surface area contributed by atoms with E-state index in [-0.39, 0.29) is 0 Å². The molecule has 0 unspecified atom stereocenters. The molecule has 1 aromatic rings. The van der Waals surface area contributed by atoms with Crippen molar-refractivity contribution in [1.29, 1.82) is 0 Å². The monoisotopic (exact) mass is 180 g/mol. The molecule has 0 heterocycles. The summed E-state index contributed by atoms with van der Waals surface area (Å²) in [4.78, 5) is 0. The average molecular weight is 180 g/mol. The Bertz CT molecular complexity index is 275. The van der Waals surface area contributed by atoms with E-state index in [4.69, 9.17) is 19.4 Å². The molecule has 1 rings (SSSR count). The van der Waals surface area contributed by atoms with E-state index >= 15 is 0 Å². The Morgan fingerprint density at radius 2 is 2.25 bits per heavy atom. The Balaban J connectivity index is 3.07. The minimum atomic E-state index is -0.510. The predicted octanol–water partition coefficient (Wildman–Crippen LogP) is 1.58. The van der Waals surface area contributed by atoms with Crippen LogP contribution in [-0.4, -0.2) is 13.0 Å². The molecule has 0 saturated heterocycles. The van der Waals surface area contributed by atoms with Gasteiger partial charge in [0.2, 0.25) is 0 Å². The Morgan fingerprint density at radius 1 is 1.58 bits per heavy atom. The highest BCUT2D eigenvalue weighted by Gasteiger charge is 2.08. The second kappa shape index (κ2) is 3.97. The van der Waals surface area contributed by atoms with E-state index in [0.29, 0.717) is 22.5 Å². The highest BCUT2D eigenvalue weighted by Crippen LogP contribution is 2.16. The van der Waals surface area contributed by atoms with Crippen molar-refractivity contribution in [2.75, 3.05) is 0 Å². The maximum Gasteiger partial charge on any atom is 0.116 e. The summed E-state index contributed by atoms with van der Waals surface area (Å²) < 4.78 is 0. The van der Waals surface area contributed by atoms with E-state index in [9.17, 15) is 5.11 Å². The Morgan fingerprint density at radius 3 is 2.83 bits per heavy atom. The summed E-state index contributed by atoms with van der Waals surface area (Å²) in [6, 6.07) is 5.28. The zero-order chi connectivity index (χ0) is 9.14. The molecule has 12 heavy (non-hydrogen) atoms. The Hall–Kier alpha value is -0.465. The van der Waals surface area contributed by atoms with Crippen LogP contribution in [0.25, 0.3) is 0 Å². The number of hydrogen-bond acceptors (Lipinski definition) is 1. The summed E-state index contributed by atoms with van der Waals surface area (Å²) in [5.74, 6) is 0. The van der Waals surface area contributed by atoms with Gasteiger partial charge in [0.05, 0.1) is 6.10 Å². The third-order valence-electron chi connectivity index (χ3n) is 1.83. The van der Waals surface area contributed by atoms with E-state index in [1.165, 1.54) is 0 Å². The quantitative estimate of drug-likeness (QED) is 0.685. The molecule has 0 aromatic heterocycles. The van der Waals surface area contributed by atoms with Crippen LogP contribution in [0.5, 0.6) is 0 Å². The molecule has 1 aromatic carbocycles. The summed E-state index contributed by atoms with van der Waals surface area (Å²) in [5.41, 5.74) is 1.19. The van der Waals surface area contributed by atoms with E-state index in [1.54, 1.807) is 18.2 Å². The molecule has 0 aliphatic heterocycles. The van der Waals surface area contributed by atoms with Crippen molar-refractivity contribution in [2.45, 2.75) is 19.4 Å². The number of benzene rings is 1. The van der Waals surface area contributed by atoms with Crippen LogP contribution in [0.15, 0.2) is 18.2 Å². The van der Waals surface area contributed by atoms with E-state index < -0.39 is 6.10 Å². The summed E-state index contributed by atoms with van der Waals surface area (Å²) in [6.45, 7) is 1.89. The molecule has 0 bridgehead atoms. The molecule has 62 valence electrons. The van der Waals surface area contributed by atoms with Gasteiger partial charge in [0.15, 0.2) is 0 Å². The van der Waals surface area contributed by atoms with Gasteiger partial charge in [0.25, 0.3) is 0 Å². The molecule has 0 spiro atoms. The lowest BCUT2D eigenvalue weighted by molar-refractivity contribution is 0.175. The SMILES string of the molecule is [B]c1c(Cl)cccc1[C@H](O)CC. The number of rotatable bonds is 2. The molecule has 1 atom stereocenters. The summed E-state index contributed by atoms with van der Waals surface area (Å²) >= 11 is 5.78. The van der Waals surface area contributed by atoms with Crippen LogP contribution in [0.3, 0.4) is 0 Å². The molecule has 3 heteroatoms. The summed E-state index contributed by atoms with van der Waals surface area (Å²) in [5, 5.41) is 10.00. The van der Waals surface area contributed by atoms with Gasteiger partial charge in [-0.15, -0.1) is 0 Å². The third kappa shape index (κ3) is 1.82. The third-order valence-corrected chi connectivity index (χ3v) is 2.16. The molecular weight excluding hydrogens is 170 g/mol. The van der Waals surface area contributed by atoms with Crippen LogP contribution in [0.1, 0.15) is 25.0 Å². The fraction of sp³-hybridized carbons (Fsp3) is 0.333. The van der Waals surface area contributed by atoms with E-state index in [2.05, 4.69) is 0 Å². The van der Waals surface area contributed by atoms with Gasteiger partial charge in [-0.05, 0) is 18.1 Å². The van der Waals surface area contributed by atoms with Gasteiger partial charge in [-0.3, -0.25) is 0 Å². The standard InChI is InChI=1S/C9H10BClO/c1-2-8(12)6-4-3-5-7(11)9(6)10/h3-5,8,12H,2H2,1H3/t8-/m1/s1. The molecule has 2 radical (unpaired) electrons. The first-order valence-electron chi connectivity index (χ1n) is 3.88. The van der Waals surface area contributed by atoms with Crippen LogP contribution >= 0.6 is 11.6 Å². The Labute approximate surface area is 78.8 Å². The summed E-state index contributed by atoms with van der Waals surface area (Å²) in [6.07, 6.45) is 0.133. The minimum absolute atomic E-state index is 0.480. The topological polar surface area (TPSA) is 20.2 Å². The number of aliphatic hydroxyl groups excluding tert-OH is 1. The lowest BCUT2D eigenvalue weighted by Gasteiger charge is -2.12. The largest absolute Gasteiger partial charge is 0.388 e. The van der Waals surface area contributed by atoms with Crippen molar-refractivity contribution in [2.24, 2.45) is 0 Å². The fourth-order valence-corrected chi connectivity index (χ4v) is 1.25. The molecule has 1 nitrogen and oxygen atoms in total. The number of hydrogen-bond donors (Lipinski definition) is 1. The zero-order valence-corrected chi connectivity index (χ0v) is 7.67. The molecule has 0 aliphatic carbocycles. The van der Waals surface area contributed by atoms with Crippen molar-refractivity contribution in [3.8, 4) is 0 Å². The van der Waals surface area contributed by atoms with Gasteiger partial charge < -0.3 is 5.11 Å². The van der Waals surface area contributed by atoms with E-state index in [0.717, 1.165) is 0 Å². The van der Waals surface area contributed by atoms with Gasteiger partial charge in [0.1, 0.15) is 7.85 Å². The van der Waals surface area contributed by atoms with Crippen molar-refractivity contribution >= 4 is 24.9 Å². The first-order valence-corrected chi connectivity index (χ1v) is 4.26. The van der Waals surface area contributed by atoms with Crippen molar-refractivity contribution in [3.63, 3.8) is 0 Å². The van der Waals surface area contributed by atoms with Crippen LogP contribution in [0.4, 0.5) is 0 Å². The van der Waals surface area contributed by atoms with Crippen molar-refractivity contribution < 1.29 is 5.11 Å². The zero-order valence-electron chi connectivity index (χ0n) is 6.92. The number of aliphatic hydroxyl groups is 1. The molecule has 0 aliphatic rings. The normalized spacial score (nSPS) is 12.9. The minimum Gasteiger partial charge on any atom is -0.388 e. The Kier molecular flexibility index (Phi) is 3.18. The fourth-order valence-electron chi connectivity index (χ4n) is 1.06. The highest BCUT2D eigenvalue weighted by atomic mass is 35.5. The molecule has 1 N–H and O–H groups in total. The lowest BCUT2D eigenvalue weighted by atomic mass is 9.87. The molecular formula is C9H10BClO. The second-order valence-corrected chi connectivity index (χ2v) is 3.07. The van der Waals surface area contributed by atoms with E-state index in [1.807, 2.05) is 6.92 Å². The van der Waals surface area contributed by atoms with Crippen LogP contribution in [0, 0.1) is 0 Å². The highest BCUT2D eigenvalue weighted by molar-refractivity contribution is 6.45. The average Bonchev–Trinajstić information content (AvgIpc) is 2.08. The molecule has 0 amide bonds. The predicted molar refractivity (Wildman–Crippen MR) is 52.1 cm³/mol. The van der Waals surface area contributed by atoms with Gasteiger partial charge in [-0.2, -0.15) is 0 Å². The van der Waals surface area contributed by atoms with Gasteiger partial charge in [-0.1, -0.05) is 36.1 Å². The smallest absolute Gasteiger partial charge is 0.116 e. The van der Waals surface area contributed by atoms with Crippen molar-refractivity contribution in [1.82, 2.24) is 0 Å². The van der Waals surface area contributed by atoms with Crippen LogP contribution < -0.4 is 5.46 Å². The molecule has 0 saturated carbocycles. The molecule has 0 fully saturated rings. The maximum absolute atomic E-state index is 9.50. The van der Waals surface area contributed by atoms with Gasteiger partial charge >= 0.3 is 0 Å². The summed E-state index contributed by atoms with van der Waals surface area (Å²) in [7, 11) is 5.67. The van der Waals surface area contributed by atoms with Crippen LogP contribution in [-0.2, 0) is 0 Å². The maximum atomic E-state index is 9.50. The first kappa shape index (κ1) is 9.62. The second-order valence-electron chi connectivity index (χ2n) is 2.67. The van der Waals surface area contributed by atoms with Gasteiger partial charge in [-0.25, -0.2) is 0 Å². The van der Waals surface area contributed by atoms with Gasteiger partial charge in [0, 0.05) is 5.02 Å². The number of halogens is 1.